The number of likely N-dealkylation sites (tertiary alicyclic amines) is 1. The molecule has 8 nitrogen and oxygen atoms in total. The minimum atomic E-state index is -0.525. The van der Waals surface area contributed by atoms with E-state index in [1.165, 1.54) is 30.3 Å². The smallest absolute Gasteiger partial charge is 0.320 e. The molecule has 0 radical (unpaired) electrons. The van der Waals surface area contributed by atoms with Gasteiger partial charge in [-0.05, 0) is 25.8 Å². The zero-order valence-corrected chi connectivity index (χ0v) is 14.5. The number of aromatic nitrogens is 1. The Bertz CT molecular complexity index is 649. The van der Waals surface area contributed by atoms with E-state index in [0.717, 1.165) is 0 Å². The number of likely N-dealkylation sites (N-methyl/N-ethyl adjacent to an activating group) is 1. The van der Waals surface area contributed by atoms with E-state index in [1.807, 2.05) is 0 Å². The summed E-state index contributed by atoms with van der Waals surface area (Å²) < 4.78 is 5.49. The Morgan fingerprint density at radius 2 is 2.16 bits per heavy atom. The molecule has 1 saturated heterocycles. The molecule has 25 heavy (non-hydrogen) atoms. The maximum Gasteiger partial charge on any atom is 0.320 e. The summed E-state index contributed by atoms with van der Waals surface area (Å²) in [4.78, 5) is 39.4. The first kappa shape index (κ1) is 18.7. The van der Waals surface area contributed by atoms with Crippen LogP contribution >= 0.6 is 0 Å². The number of esters is 1. The quantitative estimate of drug-likeness (QED) is 0.430. The fourth-order valence-electron chi connectivity index (χ4n) is 2.82. The molecule has 1 atom stereocenters. The molecule has 1 unspecified atom stereocenters. The first-order valence-electron chi connectivity index (χ1n) is 8.32. The van der Waals surface area contributed by atoms with Crippen LogP contribution in [0.4, 0.5) is 0 Å². The van der Waals surface area contributed by atoms with E-state index in [9.17, 15) is 19.6 Å². The average Bonchev–Trinajstić information content (AvgIpc) is 2.61. The van der Waals surface area contributed by atoms with Gasteiger partial charge in [-0.3, -0.25) is 14.4 Å². The molecular weight excluding hydrogens is 326 g/mol. The van der Waals surface area contributed by atoms with Crippen LogP contribution < -0.4 is 4.73 Å². The molecule has 1 aromatic rings. The Kier molecular flexibility index (Phi) is 6.32. The summed E-state index contributed by atoms with van der Waals surface area (Å²) in [5.74, 6) is -1.39. The van der Waals surface area contributed by atoms with Gasteiger partial charge in [0.15, 0.2) is 6.20 Å². The van der Waals surface area contributed by atoms with E-state index in [0.29, 0.717) is 37.3 Å². The molecule has 136 valence electrons. The molecule has 1 aliphatic rings. The van der Waals surface area contributed by atoms with Crippen LogP contribution in [-0.4, -0.2) is 60.9 Å². The maximum absolute atomic E-state index is 12.5. The molecular formula is C17H23N3O5. The van der Waals surface area contributed by atoms with Crippen molar-refractivity contribution in [2.75, 3.05) is 33.3 Å². The third-order valence-corrected chi connectivity index (χ3v) is 4.16. The van der Waals surface area contributed by atoms with Crippen molar-refractivity contribution in [1.82, 2.24) is 9.80 Å². The summed E-state index contributed by atoms with van der Waals surface area (Å²) in [6.07, 6.45) is 2.64. The second kappa shape index (κ2) is 8.46. The van der Waals surface area contributed by atoms with Crippen molar-refractivity contribution in [2.45, 2.75) is 19.8 Å². The number of pyridine rings is 1. The Morgan fingerprint density at radius 1 is 1.40 bits per heavy atom. The summed E-state index contributed by atoms with van der Waals surface area (Å²) in [5.41, 5.74) is -0.0409. The Balaban J connectivity index is 1.95. The van der Waals surface area contributed by atoms with Crippen molar-refractivity contribution < 1.29 is 23.9 Å². The van der Waals surface area contributed by atoms with Gasteiger partial charge < -0.3 is 19.7 Å². The molecule has 0 aliphatic carbocycles. The van der Waals surface area contributed by atoms with Gasteiger partial charge in [0.05, 0.1) is 19.1 Å². The fraction of sp³-hybridized carbons (Fsp3) is 0.529. The number of rotatable bonds is 5. The van der Waals surface area contributed by atoms with Gasteiger partial charge in [0.25, 0.3) is 5.69 Å². The minimum absolute atomic E-state index is 0.0409. The molecule has 0 spiro atoms. The van der Waals surface area contributed by atoms with Gasteiger partial charge in [-0.25, -0.2) is 0 Å². The number of nitrogens with zero attached hydrogens (tertiary/aromatic N) is 3. The second-order valence-corrected chi connectivity index (χ2v) is 6.00. The van der Waals surface area contributed by atoms with Crippen molar-refractivity contribution in [3.8, 4) is 0 Å². The number of amides is 2. The third kappa shape index (κ3) is 4.68. The topological polar surface area (TPSA) is 93.9 Å². The highest BCUT2D eigenvalue weighted by Crippen LogP contribution is 2.18. The molecule has 2 heterocycles. The Morgan fingerprint density at radius 3 is 2.84 bits per heavy atom. The zero-order valence-electron chi connectivity index (χ0n) is 14.5. The van der Waals surface area contributed by atoms with Gasteiger partial charge in [0, 0.05) is 32.3 Å². The van der Waals surface area contributed by atoms with Crippen LogP contribution in [0, 0.1) is 11.1 Å². The lowest BCUT2D eigenvalue weighted by Crippen LogP contribution is -2.48. The van der Waals surface area contributed by atoms with E-state index in [4.69, 9.17) is 4.74 Å². The SMILES string of the molecule is CCOC(=O)C1CCCN(C(=O)CN(C)C(=O)c2cccc[n+]2[O-])C1. The van der Waals surface area contributed by atoms with E-state index >= 15 is 0 Å². The minimum Gasteiger partial charge on any atom is -0.618 e. The highest BCUT2D eigenvalue weighted by atomic mass is 16.5. The van der Waals surface area contributed by atoms with Gasteiger partial charge in [0.1, 0.15) is 0 Å². The molecule has 2 rings (SSSR count). The normalized spacial score (nSPS) is 17.0. The molecule has 0 N–H and O–H groups in total. The number of piperidine rings is 1. The summed E-state index contributed by atoms with van der Waals surface area (Å²) in [6.45, 7) is 2.75. The van der Waals surface area contributed by atoms with Crippen LogP contribution in [-0.2, 0) is 14.3 Å². The maximum atomic E-state index is 12.5. The van der Waals surface area contributed by atoms with E-state index in [1.54, 1.807) is 17.9 Å². The number of ether oxygens (including phenoxy) is 1. The first-order chi connectivity index (χ1) is 11.9. The highest BCUT2D eigenvalue weighted by molar-refractivity contribution is 5.93. The second-order valence-electron chi connectivity index (χ2n) is 6.00. The molecule has 2 amide bonds. The molecule has 0 aromatic carbocycles. The summed E-state index contributed by atoms with van der Waals surface area (Å²) in [6, 6.07) is 4.53. The molecule has 1 fully saturated rings. The van der Waals surface area contributed by atoms with Crippen molar-refractivity contribution in [1.29, 1.82) is 0 Å². The fourth-order valence-corrected chi connectivity index (χ4v) is 2.82. The van der Waals surface area contributed by atoms with Gasteiger partial charge in [-0.1, -0.05) is 0 Å². The highest BCUT2D eigenvalue weighted by Gasteiger charge is 2.30. The van der Waals surface area contributed by atoms with Crippen molar-refractivity contribution in [2.24, 2.45) is 5.92 Å². The van der Waals surface area contributed by atoms with Crippen LogP contribution in [0.15, 0.2) is 24.4 Å². The number of hydrogen-bond acceptors (Lipinski definition) is 5. The van der Waals surface area contributed by atoms with E-state index in [2.05, 4.69) is 0 Å². The van der Waals surface area contributed by atoms with Crippen LogP contribution in [0.5, 0.6) is 0 Å². The van der Waals surface area contributed by atoms with Gasteiger partial charge in [-0.2, -0.15) is 4.73 Å². The first-order valence-corrected chi connectivity index (χ1v) is 8.32. The van der Waals surface area contributed by atoms with E-state index < -0.39 is 5.91 Å². The average molecular weight is 349 g/mol. The van der Waals surface area contributed by atoms with Crippen LogP contribution in [0.3, 0.4) is 0 Å². The summed E-state index contributed by atoms with van der Waals surface area (Å²) >= 11 is 0. The van der Waals surface area contributed by atoms with Crippen molar-refractivity contribution in [3.05, 3.63) is 35.3 Å². The standard InChI is InChI=1S/C17H23N3O5/c1-3-25-17(23)13-7-6-9-19(11-13)15(21)12-18(2)16(22)14-8-4-5-10-20(14)24/h4-5,8,10,13H,3,6-7,9,11-12H2,1-2H3. The lowest BCUT2D eigenvalue weighted by Gasteiger charge is -2.32. The van der Waals surface area contributed by atoms with Crippen molar-refractivity contribution in [3.63, 3.8) is 0 Å². The Hall–Kier alpha value is -2.64. The number of carbonyl (C=O) groups is 3. The molecule has 0 bridgehead atoms. The molecule has 0 saturated carbocycles. The predicted molar refractivity (Wildman–Crippen MR) is 88.3 cm³/mol. The van der Waals surface area contributed by atoms with Gasteiger partial charge in [-0.15, -0.1) is 0 Å². The number of hydrogen-bond donors (Lipinski definition) is 0. The van der Waals surface area contributed by atoms with Crippen LogP contribution in [0.25, 0.3) is 0 Å². The van der Waals surface area contributed by atoms with Crippen molar-refractivity contribution >= 4 is 17.8 Å². The Labute approximate surface area is 146 Å². The lowest BCUT2D eigenvalue weighted by molar-refractivity contribution is -0.608. The molecule has 1 aromatic heterocycles. The summed E-state index contributed by atoms with van der Waals surface area (Å²) in [5, 5.41) is 11.7. The monoisotopic (exact) mass is 349 g/mol. The van der Waals surface area contributed by atoms with Crippen LogP contribution in [0.1, 0.15) is 30.3 Å². The summed E-state index contributed by atoms with van der Waals surface area (Å²) in [7, 11) is 1.47. The lowest BCUT2D eigenvalue weighted by atomic mass is 9.98. The molecule has 1 aliphatic heterocycles. The van der Waals surface area contributed by atoms with Gasteiger partial charge >= 0.3 is 11.9 Å². The zero-order chi connectivity index (χ0) is 18.4. The largest absolute Gasteiger partial charge is 0.618 e. The predicted octanol–water partition coefficient (Wildman–Crippen LogP) is 0.194. The van der Waals surface area contributed by atoms with Crippen LogP contribution in [0.2, 0.25) is 0 Å². The van der Waals surface area contributed by atoms with Gasteiger partial charge in [0.2, 0.25) is 5.91 Å². The third-order valence-electron chi connectivity index (χ3n) is 4.16. The van der Waals surface area contributed by atoms with E-state index in [-0.39, 0.29) is 30.0 Å². The molecule has 8 heteroatoms. The number of carbonyl (C=O) groups excluding carboxylic acids is 3.